The van der Waals surface area contributed by atoms with Gasteiger partial charge in [0.05, 0.1) is 28.4 Å². The second kappa shape index (κ2) is 12.6. The summed E-state index contributed by atoms with van der Waals surface area (Å²) in [6.45, 7) is 2.69. The van der Waals surface area contributed by atoms with Gasteiger partial charge in [-0.3, -0.25) is 9.69 Å². The molecule has 202 valence electrons. The van der Waals surface area contributed by atoms with Gasteiger partial charge in [0, 0.05) is 43.8 Å². The number of ether oxygens (including phenoxy) is 1. The van der Waals surface area contributed by atoms with Gasteiger partial charge in [0.15, 0.2) is 0 Å². The molecule has 2 aromatic carbocycles. The van der Waals surface area contributed by atoms with Gasteiger partial charge in [-0.1, -0.05) is 35.3 Å². The Morgan fingerprint density at radius 1 is 1.16 bits per heavy atom. The first-order valence-corrected chi connectivity index (χ1v) is 13.1. The van der Waals surface area contributed by atoms with Crippen molar-refractivity contribution in [2.24, 2.45) is 0 Å². The predicted octanol–water partition coefficient (Wildman–Crippen LogP) is 3.80. The number of carbonyl (C=O) groups excluding carboxylic acids is 1. The van der Waals surface area contributed by atoms with Crippen molar-refractivity contribution in [2.75, 3.05) is 44.7 Å². The van der Waals surface area contributed by atoms with E-state index in [0.29, 0.717) is 17.8 Å². The molecule has 0 radical (unpaired) electrons. The number of hydrogen-bond donors (Lipinski definition) is 3. The Bertz CT molecular complexity index is 1070. The fraction of sp³-hybridized carbons (Fsp3) is 0.500. The number of anilines is 1. The van der Waals surface area contributed by atoms with Crippen LogP contribution in [0, 0.1) is 0 Å². The van der Waals surface area contributed by atoms with Gasteiger partial charge in [0.25, 0.3) is 12.3 Å². The van der Waals surface area contributed by atoms with Gasteiger partial charge < -0.3 is 25.4 Å². The quantitative estimate of drug-likeness (QED) is 0.436. The fourth-order valence-corrected chi connectivity index (χ4v) is 5.28. The van der Waals surface area contributed by atoms with Gasteiger partial charge in [-0.15, -0.1) is 0 Å². The minimum Gasteiger partial charge on any atom is -0.486 e. The minimum absolute atomic E-state index is 0.0720. The molecular formula is C26H32Cl2F2N4O3. The summed E-state index contributed by atoms with van der Waals surface area (Å²) in [5.74, 6) is -0.292. The van der Waals surface area contributed by atoms with Crippen LogP contribution in [0.25, 0.3) is 0 Å². The molecule has 0 spiro atoms. The molecule has 0 aromatic heterocycles. The van der Waals surface area contributed by atoms with Gasteiger partial charge in [0.2, 0.25) is 0 Å². The van der Waals surface area contributed by atoms with E-state index < -0.39 is 19.1 Å². The molecule has 0 saturated carbocycles. The highest BCUT2D eigenvalue weighted by Gasteiger charge is 2.35. The zero-order chi connectivity index (χ0) is 26.5. The lowest BCUT2D eigenvalue weighted by Crippen LogP contribution is -2.49. The Kier molecular flexibility index (Phi) is 9.47. The zero-order valence-corrected chi connectivity index (χ0v) is 22.1. The monoisotopic (exact) mass is 556 g/mol. The summed E-state index contributed by atoms with van der Waals surface area (Å²) in [5.41, 5.74) is 2.00. The first-order valence-electron chi connectivity index (χ1n) is 12.4. The van der Waals surface area contributed by atoms with Crippen LogP contribution in [0.3, 0.4) is 0 Å². The molecule has 1 amide bonds. The highest BCUT2D eigenvalue weighted by Crippen LogP contribution is 2.35. The molecular weight excluding hydrogens is 525 g/mol. The molecule has 3 N–H and O–H groups in total. The van der Waals surface area contributed by atoms with Crippen molar-refractivity contribution in [2.45, 2.75) is 44.0 Å². The van der Waals surface area contributed by atoms with Crippen molar-refractivity contribution in [3.8, 4) is 5.75 Å². The van der Waals surface area contributed by atoms with E-state index in [0.717, 1.165) is 37.5 Å². The molecule has 0 bridgehead atoms. The number of amides is 1. The van der Waals surface area contributed by atoms with Crippen LogP contribution in [0.1, 0.15) is 28.8 Å². The molecule has 2 heterocycles. The Labute approximate surface area is 225 Å². The normalized spacial score (nSPS) is 21.0. The van der Waals surface area contributed by atoms with Crippen LogP contribution in [-0.4, -0.2) is 80.4 Å². The maximum Gasteiger partial charge on any atom is 0.272 e. The second-order valence-corrected chi connectivity index (χ2v) is 10.3. The summed E-state index contributed by atoms with van der Waals surface area (Å²) in [6.07, 6.45) is -1.41. The van der Waals surface area contributed by atoms with E-state index in [9.17, 15) is 18.7 Å². The Balaban J connectivity index is 1.38. The highest BCUT2D eigenvalue weighted by atomic mass is 35.5. The molecule has 0 aliphatic carbocycles. The molecule has 7 nitrogen and oxygen atoms in total. The van der Waals surface area contributed by atoms with Crippen molar-refractivity contribution in [3.63, 3.8) is 0 Å². The second-order valence-electron chi connectivity index (χ2n) is 9.50. The Morgan fingerprint density at radius 2 is 1.86 bits per heavy atom. The number of alkyl halides is 2. The number of β-amino-alcohol motifs (C(OH)–C–C–N with tert-alkyl or cyclic N) is 1. The van der Waals surface area contributed by atoms with E-state index in [1.165, 1.54) is 24.7 Å². The molecule has 2 atom stereocenters. The SMILES string of the molecule is CNC(=O)c1cc(Cl)c(OCC(F)F)cc1N1C[C@@H](O)[C@H](NC2CCN(Cc3ccc(Cl)cc3)CC2)C1. The number of benzene rings is 2. The lowest BCUT2D eigenvalue weighted by atomic mass is 10.0. The number of carbonyl (C=O) groups is 1. The van der Waals surface area contributed by atoms with Crippen molar-refractivity contribution in [3.05, 3.63) is 57.6 Å². The average molecular weight is 557 g/mol. The van der Waals surface area contributed by atoms with Crippen molar-refractivity contribution in [1.82, 2.24) is 15.5 Å². The number of rotatable bonds is 9. The van der Waals surface area contributed by atoms with Crippen molar-refractivity contribution in [1.29, 1.82) is 0 Å². The number of halogens is 4. The molecule has 11 heteroatoms. The van der Waals surface area contributed by atoms with E-state index in [1.807, 2.05) is 29.2 Å². The largest absolute Gasteiger partial charge is 0.486 e. The molecule has 2 saturated heterocycles. The topological polar surface area (TPSA) is 77.1 Å². The zero-order valence-electron chi connectivity index (χ0n) is 20.6. The third-order valence-electron chi connectivity index (χ3n) is 6.87. The maximum absolute atomic E-state index is 12.7. The lowest BCUT2D eigenvalue weighted by molar-refractivity contribution is 0.0819. The predicted molar refractivity (Wildman–Crippen MR) is 141 cm³/mol. The third kappa shape index (κ3) is 7.23. The van der Waals surface area contributed by atoms with Gasteiger partial charge in [-0.25, -0.2) is 8.78 Å². The number of likely N-dealkylation sites (tertiary alicyclic amines) is 1. The summed E-state index contributed by atoms with van der Waals surface area (Å²) in [7, 11) is 1.50. The third-order valence-corrected chi connectivity index (χ3v) is 7.42. The number of nitrogens with zero attached hydrogens (tertiary/aromatic N) is 2. The summed E-state index contributed by atoms with van der Waals surface area (Å²) < 4.78 is 30.6. The van der Waals surface area contributed by atoms with Crippen LogP contribution in [0.15, 0.2) is 36.4 Å². The first kappa shape index (κ1) is 27.9. The average Bonchev–Trinajstić information content (AvgIpc) is 3.24. The van der Waals surface area contributed by atoms with Gasteiger partial charge in [-0.05, 0) is 49.7 Å². The number of aliphatic hydroxyl groups is 1. The van der Waals surface area contributed by atoms with Crippen LogP contribution >= 0.6 is 23.2 Å². The Morgan fingerprint density at radius 3 is 2.51 bits per heavy atom. The van der Waals surface area contributed by atoms with Gasteiger partial charge in [0.1, 0.15) is 12.4 Å². The summed E-state index contributed by atoms with van der Waals surface area (Å²) in [4.78, 5) is 16.8. The van der Waals surface area contributed by atoms with E-state index >= 15 is 0 Å². The van der Waals surface area contributed by atoms with Crippen LogP contribution in [0.4, 0.5) is 14.5 Å². The smallest absolute Gasteiger partial charge is 0.272 e. The number of piperidine rings is 1. The molecule has 2 aliphatic rings. The molecule has 2 aromatic rings. The lowest BCUT2D eigenvalue weighted by Gasteiger charge is -2.34. The van der Waals surface area contributed by atoms with E-state index in [-0.39, 0.29) is 35.3 Å². The van der Waals surface area contributed by atoms with Crippen LogP contribution in [0.2, 0.25) is 10.0 Å². The first-order chi connectivity index (χ1) is 17.7. The number of nitrogens with one attached hydrogen (secondary N) is 2. The summed E-state index contributed by atoms with van der Waals surface area (Å²) in [5, 5.41) is 17.8. The molecule has 0 unspecified atom stereocenters. The fourth-order valence-electron chi connectivity index (χ4n) is 4.94. The highest BCUT2D eigenvalue weighted by molar-refractivity contribution is 6.32. The van der Waals surface area contributed by atoms with Crippen molar-refractivity contribution >= 4 is 34.8 Å². The molecule has 2 fully saturated rings. The van der Waals surface area contributed by atoms with Crippen LogP contribution < -0.4 is 20.3 Å². The molecule has 4 rings (SSSR count). The standard InChI is InChI=1S/C26H32Cl2F2N4O3/c1-31-26(36)19-10-20(28)24(37-15-25(29)30)11-22(19)34-13-21(23(35)14-34)32-18-6-8-33(9-7-18)12-16-2-4-17(27)5-3-16/h2-5,10-11,18,21,23,25,32,35H,6-9,12-15H2,1H3,(H,31,36)/t21-,23-/m1/s1. The molecule has 2 aliphatic heterocycles. The van der Waals surface area contributed by atoms with Crippen molar-refractivity contribution < 1.29 is 23.4 Å². The van der Waals surface area contributed by atoms with Gasteiger partial charge in [-0.2, -0.15) is 0 Å². The van der Waals surface area contributed by atoms with E-state index in [1.54, 1.807) is 0 Å². The number of aliphatic hydroxyl groups excluding tert-OH is 1. The van der Waals surface area contributed by atoms with E-state index in [2.05, 4.69) is 15.5 Å². The van der Waals surface area contributed by atoms with Crippen LogP contribution in [-0.2, 0) is 6.54 Å². The van der Waals surface area contributed by atoms with Crippen LogP contribution in [0.5, 0.6) is 5.75 Å². The van der Waals surface area contributed by atoms with E-state index in [4.69, 9.17) is 27.9 Å². The summed E-state index contributed by atoms with van der Waals surface area (Å²) >= 11 is 12.2. The number of hydrogen-bond acceptors (Lipinski definition) is 6. The maximum atomic E-state index is 12.7. The summed E-state index contributed by atoms with van der Waals surface area (Å²) in [6, 6.07) is 10.9. The Hall–Kier alpha value is -2.17. The van der Waals surface area contributed by atoms with Gasteiger partial charge >= 0.3 is 0 Å². The molecule has 37 heavy (non-hydrogen) atoms. The minimum atomic E-state index is -2.65.